The Morgan fingerprint density at radius 3 is 2.75 bits per heavy atom. The number of methoxy groups -OCH3 is 2. The van der Waals surface area contributed by atoms with Crippen molar-refractivity contribution in [3.05, 3.63) is 35.1 Å². The summed E-state index contributed by atoms with van der Waals surface area (Å²) in [6, 6.07) is 7.38. The number of Topliss-reactive ketones (excluding diaryl/α,β-unsaturated/α-hetero) is 1. The molecule has 0 bridgehead atoms. The highest BCUT2D eigenvalue weighted by atomic mass is 16.5. The summed E-state index contributed by atoms with van der Waals surface area (Å²) < 4.78 is 16.2. The molecular weight excluding hydrogens is 308 g/mol. The third-order valence-electron chi connectivity index (χ3n) is 4.48. The summed E-state index contributed by atoms with van der Waals surface area (Å²) in [6.07, 6.45) is 1.73. The van der Waals surface area contributed by atoms with Crippen LogP contribution in [0.25, 0.3) is 0 Å². The van der Waals surface area contributed by atoms with Gasteiger partial charge in [-0.3, -0.25) is 10.2 Å². The van der Waals surface area contributed by atoms with E-state index in [0.717, 1.165) is 0 Å². The summed E-state index contributed by atoms with van der Waals surface area (Å²) in [6.45, 7) is 0. The normalized spacial score (nSPS) is 23.2. The van der Waals surface area contributed by atoms with Gasteiger partial charge in [-0.1, -0.05) is 0 Å². The highest BCUT2D eigenvalue weighted by Gasteiger charge is 2.43. The van der Waals surface area contributed by atoms with Crippen LogP contribution in [-0.2, 0) is 9.53 Å². The number of nitrogens with zero attached hydrogens (tertiary/aromatic N) is 1. The Balaban J connectivity index is 2.23. The highest BCUT2D eigenvalue weighted by Crippen LogP contribution is 2.46. The SMILES string of the molecule is COc1ccc(OC)c(C2C3=C(CCCC3=O)OC(=N)C2C#N)c1. The van der Waals surface area contributed by atoms with E-state index in [1.165, 1.54) is 7.11 Å². The number of rotatable bonds is 3. The molecule has 0 aromatic heterocycles. The summed E-state index contributed by atoms with van der Waals surface area (Å²) in [5.74, 6) is 0.0696. The third kappa shape index (κ3) is 2.52. The van der Waals surface area contributed by atoms with Gasteiger partial charge in [-0.15, -0.1) is 0 Å². The van der Waals surface area contributed by atoms with Gasteiger partial charge in [0, 0.05) is 29.9 Å². The molecule has 1 heterocycles. The van der Waals surface area contributed by atoms with E-state index in [9.17, 15) is 10.1 Å². The van der Waals surface area contributed by atoms with Crippen molar-refractivity contribution in [1.29, 1.82) is 10.7 Å². The molecular formula is C18H18N2O4. The van der Waals surface area contributed by atoms with E-state index in [-0.39, 0.29) is 11.7 Å². The molecule has 0 saturated heterocycles. The first kappa shape index (κ1) is 16.1. The van der Waals surface area contributed by atoms with Crippen LogP contribution in [0.3, 0.4) is 0 Å². The van der Waals surface area contributed by atoms with Crippen LogP contribution in [0.4, 0.5) is 0 Å². The number of allylic oxidation sites excluding steroid dienone is 2. The molecule has 1 aromatic carbocycles. The molecule has 0 amide bonds. The third-order valence-corrected chi connectivity index (χ3v) is 4.48. The van der Waals surface area contributed by atoms with E-state index < -0.39 is 11.8 Å². The summed E-state index contributed by atoms with van der Waals surface area (Å²) in [5.41, 5.74) is 1.16. The summed E-state index contributed by atoms with van der Waals surface area (Å²) >= 11 is 0. The zero-order valence-electron chi connectivity index (χ0n) is 13.6. The number of ketones is 1. The Labute approximate surface area is 140 Å². The summed E-state index contributed by atoms with van der Waals surface area (Å²) in [7, 11) is 3.09. The molecule has 24 heavy (non-hydrogen) atoms. The molecule has 0 fully saturated rings. The van der Waals surface area contributed by atoms with Crippen LogP contribution in [0.1, 0.15) is 30.7 Å². The minimum Gasteiger partial charge on any atom is -0.497 e. The number of benzene rings is 1. The van der Waals surface area contributed by atoms with Crippen LogP contribution in [0.5, 0.6) is 11.5 Å². The van der Waals surface area contributed by atoms with E-state index in [1.54, 1.807) is 25.3 Å². The fourth-order valence-electron chi connectivity index (χ4n) is 3.35. The van der Waals surface area contributed by atoms with Crippen LogP contribution < -0.4 is 9.47 Å². The van der Waals surface area contributed by atoms with Gasteiger partial charge >= 0.3 is 0 Å². The standard InChI is InChI=1S/C18H18N2O4/c1-22-10-6-7-14(23-2)11(8-10)16-12(9-19)18(20)24-15-5-3-4-13(21)17(15)16/h6-8,12,16,20H,3-5H2,1-2H3. The Bertz CT molecular complexity index is 776. The lowest BCUT2D eigenvalue weighted by Gasteiger charge is -2.34. The second-order valence-corrected chi connectivity index (χ2v) is 5.77. The zero-order chi connectivity index (χ0) is 17.3. The first-order chi connectivity index (χ1) is 11.6. The number of hydrogen-bond donors (Lipinski definition) is 1. The molecule has 2 aliphatic rings. The maximum absolute atomic E-state index is 12.5. The van der Waals surface area contributed by atoms with Crippen LogP contribution in [0.2, 0.25) is 0 Å². The molecule has 1 aromatic rings. The second-order valence-electron chi connectivity index (χ2n) is 5.77. The van der Waals surface area contributed by atoms with Gasteiger partial charge in [-0.05, 0) is 24.6 Å². The van der Waals surface area contributed by atoms with Crippen LogP contribution in [-0.4, -0.2) is 25.9 Å². The Hall–Kier alpha value is -2.81. The number of ether oxygens (including phenoxy) is 3. The summed E-state index contributed by atoms with van der Waals surface area (Å²) in [4.78, 5) is 12.5. The second kappa shape index (κ2) is 6.36. The number of hydrogen-bond acceptors (Lipinski definition) is 6. The molecule has 2 unspecified atom stereocenters. The van der Waals surface area contributed by atoms with Gasteiger partial charge in [-0.25, -0.2) is 0 Å². The molecule has 1 N–H and O–H groups in total. The lowest BCUT2D eigenvalue weighted by Crippen LogP contribution is -2.34. The molecule has 124 valence electrons. The number of carbonyl (C=O) groups excluding carboxylic acids is 1. The number of nitriles is 1. The topological polar surface area (TPSA) is 92.4 Å². The lowest BCUT2D eigenvalue weighted by molar-refractivity contribution is -0.116. The first-order valence-corrected chi connectivity index (χ1v) is 7.74. The fraction of sp³-hybridized carbons (Fsp3) is 0.389. The van der Waals surface area contributed by atoms with Crippen molar-refractivity contribution in [2.24, 2.45) is 5.92 Å². The highest BCUT2D eigenvalue weighted by molar-refractivity contribution is 6.01. The molecule has 0 radical (unpaired) electrons. The maximum Gasteiger partial charge on any atom is 0.205 e. The quantitative estimate of drug-likeness (QED) is 0.922. The van der Waals surface area contributed by atoms with E-state index >= 15 is 0 Å². The predicted molar refractivity (Wildman–Crippen MR) is 86.1 cm³/mol. The average molecular weight is 326 g/mol. The zero-order valence-corrected chi connectivity index (χ0v) is 13.6. The molecule has 0 spiro atoms. The van der Waals surface area contributed by atoms with Gasteiger partial charge in [-0.2, -0.15) is 5.26 Å². The van der Waals surface area contributed by atoms with Crippen molar-refractivity contribution in [3.63, 3.8) is 0 Å². The van der Waals surface area contributed by atoms with Crippen molar-refractivity contribution in [2.75, 3.05) is 14.2 Å². The van der Waals surface area contributed by atoms with Crippen molar-refractivity contribution in [3.8, 4) is 17.6 Å². The van der Waals surface area contributed by atoms with Gasteiger partial charge in [0.25, 0.3) is 0 Å². The number of carbonyl (C=O) groups is 1. The lowest BCUT2D eigenvalue weighted by atomic mass is 9.74. The van der Waals surface area contributed by atoms with Crippen molar-refractivity contribution in [2.45, 2.75) is 25.2 Å². The largest absolute Gasteiger partial charge is 0.497 e. The van der Waals surface area contributed by atoms with Crippen molar-refractivity contribution >= 4 is 11.7 Å². The maximum atomic E-state index is 12.5. The minimum absolute atomic E-state index is 0.0288. The van der Waals surface area contributed by atoms with E-state index in [0.29, 0.717) is 47.7 Å². The van der Waals surface area contributed by atoms with E-state index in [2.05, 4.69) is 6.07 Å². The van der Waals surface area contributed by atoms with Crippen molar-refractivity contribution < 1.29 is 19.0 Å². The van der Waals surface area contributed by atoms with Gasteiger partial charge in [0.15, 0.2) is 5.78 Å². The number of nitrogens with one attached hydrogen (secondary N) is 1. The Kier molecular flexibility index (Phi) is 4.26. The van der Waals surface area contributed by atoms with Gasteiger partial charge in [0.2, 0.25) is 5.90 Å². The Morgan fingerprint density at radius 2 is 2.08 bits per heavy atom. The van der Waals surface area contributed by atoms with E-state index in [4.69, 9.17) is 19.6 Å². The monoisotopic (exact) mass is 326 g/mol. The molecule has 3 rings (SSSR count). The first-order valence-electron chi connectivity index (χ1n) is 7.74. The minimum atomic E-state index is -0.869. The van der Waals surface area contributed by atoms with Crippen LogP contribution in [0.15, 0.2) is 29.5 Å². The van der Waals surface area contributed by atoms with E-state index in [1.807, 2.05) is 0 Å². The molecule has 0 saturated carbocycles. The van der Waals surface area contributed by atoms with Crippen LogP contribution >= 0.6 is 0 Å². The molecule has 1 aliphatic carbocycles. The average Bonchev–Trinajstić information content (AvgIpc) is 2.60. The summed E-state index contributed by atoms with van der Waals surface area (Å²) in [5, 5.41) is 17.7. The van der Waals surface area contributed by atoms with Crippen molar-refractivity contribution in [1.82, 2.24) is 0 Å². The molecule has 2 atom stereocenters. The van der Waals surface area contributed by atoms with Gasteiger partial charge in [0.1, 0.15) is 23.2 Å². The Morgan fingerprint density at radius 1 is 1.29 bits per heavy atom. The molecule has 1 aliphatic heterocycles. The van der Waals surface area contributed by atoms with Gasteiger partial charge in [0.05, 0.1) is 20.3 Å². The predicted octanol–water partition coefficient (Wildman–Crippen LogP) is 2.94. The molecule has 6 nitrogen and oxygen atoms in total. The van der Waals surface area contributed by atoms with Crippen LogP contribution in [0, 0.1) is 22.7 Å². The fourth-order valence-corrected chi connectivity index (χ4v) is 3.35. The van der Waals surface area contributed by atoms with Gasteiger partial charge < -0.3 is 14.2 Å². The molecule has 6 heteroatoms. The smallest absolute Gasteiger partial charge is 0.205 e.